The smallest absolute Gasteiger partial charge is 0.256 e. The number of fused-ring (bicyclic) bond motifs is 3. The number of aliphatic imine (C=N–C) groups is 1. The number of aromatic nitrogens is 2. The summed E-state index contributed by atoms with van der Waals surface area (Å²) in [6.07, 6.45) is 7.56. The van der Waals surface area contributed by atoms with E-state index in [1.165, 1.54) is 0 Å². The van der Waals surface area contributed by atoms with Crippen molar-refractivity contribution in [3.8, 4) is 5.75 Å². The summed E-state index contributed by atoms with van der Waals surface area (Å²) in [5.41, 5.74) is 2.53. The van der Waals surface area contributed by atoms with Gasteiger partial charge in [0.2, 0.25) is 5.95 Å². The average Bonchev–Trinajstić information content (AvgIpc) is 3.32. The number of carbonyl (C=O) groups excluding carboxylic acids is 1. The third-order valence-electron chi connectivity index (χ3n) is 7.30. The molecule has 1 aromatic heterocycles. The van der Waals surface area contributed by atoms with E-state index in [1.807, 2.05) is 29.3 Å². The van der Waals surface area contributed by atoms with E-state index < -0.39 is 0 Å². The number of ether oxygens (including phenoxy) is 1. The van der Waals surface area contributed by atoms with Gasteiger partial charge in [0.05, 0.1) is 17.3 Å². The largest absolute Gasteiger partial charge is 0.492 e. The number of hydrogen-bond acceptors (Lipinski definition) is 7. The topological polar surface area (TPSA) is 74.2 Å². The Kier molecular flexibility index (Phi) is 5.82. The summed E-state index contributed by atoms with van der Waals surface area (Å²) in [7, 11) is 0. The molecule has 1 amide bonds. The second-order valence-electron chi connectivity index (χ2n) is 9.55. The molecular weight excluding hydrogens is 440 g/mol. The molecule has 1 atom stereocenters. The highest BCUT2D eigenvalue weighted by Gasteiger charge is 2.31. The number of benzene rings is 2. The van der Waals surface area contributed by atoms with Gasteiger partial charge in [-0.05, 0) is 66.4 Å². The third kappa shape index (κ3) is 4.34. The first-order chi connectivity index (χ1) is 17.2. The summed E-state index contributed by atoms with van der Waals surface area (Å²) in [6.45, 7) is 8.16. The fourth-order valence-electron chi connectivity index (χ4n) is 5.30. The molecule has 0 saturated carbocycles. The standard InChI is InChI=1S/C27H30N6O2/c1-19-14-20-15-23-24(30-18-22-4-2-7-33(22)26(23)34)16-21(20)17-25(19)35-13-12-31-8-10-32(11-9-31)27-28-5-3-6-29-27/h3,5-6,14-18,22H,2,4,7-13H2,1H3/t22-/m0/s1. The maximum absolute atomic E-state index is 13.1. The normalized spacial score (nSPS) is 20.1. The molecule has 2 fully saturated rings. The molecule has 6 rings (SSSR count). The summed E-state index contributed by atoms with van der Waals surface area (Å²) in [6, 6.07) is 10.2. The zero-order valence-electron chi connectivity index (χ0n) is 20.1. The Morgan fingerprint density at radius 2 is 1.80 bits per heavy atom. The highest BCUT2D eigenvalue weighted by Crippen LogP contribution is 2.34. The molecule has 3 aliphatic heterocycles. The summed E-state index contributed by atoms with van der Waals surface area (Å²) in [5, 5.41) is 2.10. The molecule has 35 heavy (non-hydrogen) atoms. The minimum Gasteiger partial charge on any atom is -0.492 e. The zero-order valence-corrected chi connectivity index (χ0v) is 20.1. The van der Waals surface area contributed by atoms with Crippen molar-refractivity contribution in [2.75, 3.05) is 50.8 Å². The van der Waals surface area contributed by atoms with Crippen LogP contribution in [0.3, 0.4) is 0 Å². The van der Waals surface area contributed by atoms with Gasteiger partial charge in [-0.1, -0.05) is 0 Å². The fraction of sp³-hybridized carbons (Fsp3) is 0.407. The summed E-state index contributed by atoms with van der Waals surface area (Å²) >= 11 is 0. The molecule has 0 unspecified atom stereocenters. The van der Waals surface area contributed by atoms with Crippen molar-refractivity contribution in [3.05, 3.63) is 53.9 Å². The number of aryl methyl sites for hydroxylation is 1. The molecular formula is C27H30N6O2. The average molecular weight is 471 g/mol. The van der Waals surface area contributed by atoms with E-state index >= 15 is 0 Å². The molecule has 8 heteroatoms. The molecule has 3 aliphatic rings. The monoisotopic (exact) mass is 470 g/mol. The zero-order chi connectivity index (χ0) is 23.8. The Morgan fingerprint density at radius 3 is 2.63 bits per heavy atom. The second kappa shape index (κ2) is 9.26. The van der Waals surface area contributed by atoms with Gasteiger partial charge in [-0.25, -0.2) is 9.97 Å². The van der Waals surface area contributed by atoms with Crippen molar-refractivity contribution in [1.29, 1.82) is 0 Å². The first kappa shape index (κ1) is 22.0. The van der Waals surface area contributed by atoms with Crippen LogP contribution in [-0.2, 0) is 0 Å². The Bertz CT molecular complexity index is 1270. The van der Waals surface area contributed by atoms with Crippen molar-refractivity contribution >= 4 is 34.5 Å². The molecule has 0 aliphatic carbocycles. The van der Waals surface area contributed by atoms with Crippen LogP contribution >= 0.6 is 0 Å². The molecule has 180 valence electrons. The van der Waals surface area contributed by atoms with Gasteiger partial charge in [0.1, 0.15) is 12.4 Å². The van der Waals surface area contributed by atoms with Crippen LogP contribution in [0.25, 0.3) is 10.8 Å². The molecule has 0 bridgehead atoms. The van der Waals surface area contributed by atoms with E-state index in [0.717, 1.165) is 85.8 Å². The number of rotatable bonds is 5. The summed E-state index contributed by atoms with van der Waals surface area (Å²) in [4.78, 5) is 33.1. The van der Waals surface area contributed by atoms with E-state index in [4.69, 9.17) is 4.74 Å². The van der Waals surface area contributed by atoms with Gasteiger partial charge < -0.3 is 14.5 Å². The maximum Gasteiger partial charge on any atom is 0.256 e. The summed E-state index contributed by atoms with van der Waals surface area (Å²) < 4.78 is 6.22. The SMILES string of the molecule is Cc1cc2cc3c(cc2cc1OCCN1CCN(c2ncccn2)CC1)N=C[C@@H]1CCCN1C3=O. The van der Waals surface area contributed by atoms with Crippen LogP contribution < -0.4 is 9.64 Å². The minimum absolute atomic E-state index is 0.0961. The van der Waals surface area contributed by atoms with E-state index in [0.29, 0.717) is 12.2 Å². The number of nitrogens with zero attached hydrogens (tertiary/aromatic N) is 6. The van der Waals surface area contributed by atoms with Crippen molar-refractivity contribution in [1.82, 2.24) is 19.8 Å². The number of amides is 1. The third-order valence-corrected chi connectivity index (χ3v) is 7.30. The van der Waals surface area contributed by atoms with Crippen molar-refractivity contribution in [2.45, 2.75) is 25.8 Å². The lowest BCUT2D eigenvalue weighted by Gasteiger charge is -2.34. The number of piperazine rings is 1. The van der Waals surface area contributed by atoms with Crippen molar-refractivity contribution in [3.63, 3.8) is 0 Å². The highest BCUT2D eigenvalue weighted by molar-refractivity contribution is 6.06. The number of hydrogen-bond donors (Lipinski definition) is 0. The Hall–Kier alpha value is -3.52. The van der Waals surface area contributed by atoms with E-state index in [2.05, 4.69) is 43.8 Å². The molecule has 3 aromatic rings. The van der Waals surface area contributed by atoms with Gasteiger partial charge in [-0.2, -0.15) is 0 Å². The van der Waals surface area contributed by atoms with Gasteiger partial charge in [0.15, 0.2) is 0 Å². The fourth-order valence-corrected chi connectivity index (χ4v) is 5.30. The summed E-state index contributed by atoms with van der Waals surface area (Å²) in [5.74, 6) is 1.79. The lowest BCUT2D eigenvalue weighted by molar-refractivity contribution is 0.0775. The predicted octanol–water partition coefficient (Wildman–Crippen LogP) is 3.46. The van der Waals surface area contributed by atoms with E-state index in [9.17, 15) is 4.79 Å². The predicted molar refractivity (Wildman–Crippen MR) is 137 cm³/mol. The van der Waals surface area contributed by atoms with Gasteiger partial charge in [0.25, 0.3) is 5.91 Å². The lowest BCUT2D eigenvalue weighted by Crippen LogP contribution is -2.48. The number of carbonyl (C=O) groups is 1. The molecule has 0 N–H and O–H groups in total. The Labute approximate surface area is 205 Å². The maximum atomic E-state index is 13.1. The molecule has 0 radical (unpaired) electrons. The Balaban J connectivity index is 1.12. The first-order valence-corrected chi connectivity index (χ1v) is 12.5. The highest BCUT2D eigenvalue weighted by atomic mass is 16.5. The Morgan fingerprint density at radius 1 is 1.00 bits per heavy atom. The van der Waals surface area contributed by atoms with Gasteiger partial charge in [-0.15, -0.1) is 0 Å². The van der Waals surface area contributed by atoms with Crippen molar-refractivity contribution < 1.29 is 9.53 Å². The lowest BCUT2D eigenvalue weighted by atomic mass is 10.0. The van der Waals surface area contributed by atoms with Crippen molar-refractivity contribution in [2.24, 2.45) is 4.99 Å². The van der Waals surface area contributed by atoms with Crippen LogP contribution in [0, 0.1) is 6.92 Å². The minimum atomic E-state index is 0.0961. The molecule has 8 nitrogen and oxygen atoms in total. The van der Waals surface area contributed by atoms with Gasteiger partial charge >= 0.3 is 0 Å². The second-order valence-corrected chi connectivity index (χ2v) is 9.55. The van der Waals surface area contributed by atoms with E-state index in [1.54, 1.807) is 12.4 Å². The quantitative estimate of drug-likeness (QED) is 0.569. The van der Waals surface area contributed by atoms with Gasteiger partial charge in [0, 0.05) is 57.9 Å². The van der Waals surface area contributed by atoms with Crippen LogP contribution in [0.1, 0.15) is 28.8 Å². The molecule has 2 saturated heterocycles. The molecule has 2 aromatic carbocycles. The molecule has 4 heterocycles. The van der Waals surface area contributed by atoms with E-state index in [-0.39, 0.29) is 11.9 Å². The van der Waals surface area contributed by atoms with Crippen LogP contribution in [0.2, 0.25) is 0 Å². The van der Waals surface area contributed by atoms with Crippen LogP contribution in [0.15, 0.2) is 47.7 Å². The van der Waals surface area contributed by atoms with Gasteiger partial charge in [-0.3, -0.25) is 14.7 Å². The van der Waals surface area contributed by atoms with Crippen LogP contribution in [0.4, 0.5) is 11.6 Å². The molecule has 0 spiro atoms. The van der Waals surface area contributed by atoms with Crippen LogP contribution in [0.5, 0.6) is 5.75 Å². The van der Waals surface area contributed by atoms with Crippen LogP contribution in [-0.4, -0.2) is 83.8 Å². The first-order valence-electron chi connectivity index (χ1n) is 12.5. The number of anilines is 1.